The number of nitrogens with zero attached hydrogens (tertiary/aromatic N) is 1. The zero-order chi connectivity index (χ0) is 24.0. The van der Waals surface area contributed by atoms with E-state index in [9.17, 15) is 19.8 Å². The van der Waals surface area contributed by atoms with Crippen LogP contribution in [0.15, 0.2) is 42.0 Å². The number of amides is 1. The Morgan fingerprint density at radius 3 is 2.76 bits per heavy atom. The molecule has 178 valence electrons. The summed E-state index contributed by atoms with van der Waals surface area (Å²) in [5.41, 5.74) is 1.93. The summed E-state index contributed by atoms with van der Waals surface area (Å²) in [6.45, 7) is 2.81. The third kappa shape index (κ3) is 3.77. The van der Waals surface area contributed by atoms with Crippen LogP contribution in [0.4, 0.5) is 0 Å². The smallest absolute Gasteiger partial charge is 0.295 e. The number of rotatable bonds is 5. The van der Waals surface area contributed by atoms with Crippen LogP contribution in [0.5, 0.6) is 17.2 Å². The number of ketones is 1. The molecule has 3 aliphatic heterocycles. The number of fused-ring (bicyclic) bond motifs is 1. The summed E-state index contributed by atoms with van der Waals surface area (Å²) >= 11 is 0. The monoisotopic (exact) mass is 465 g/mol. The van der Waals surface area contributed by atoms with Crippen molar-refractivity contribution < 1.29 is 34.0 Å². The number of hydrogen-bond donors (Lipinski definition) is 2. The van der Waals surface area contributed by atoms with Crippen molar-refractivity contribution in [3.05, 3.63) is 58.7 Å². The Balaban J connectivity index is 1.62. The predicted molar refractivity (Wildman–Crippen MR) is 123 cm³/mol. The van der Waals surface area contributed by atoms with Crippen molar-refractivity contribution in [3.8, 4) is 17.2 Å². The number of ether oxygens (including phenoxy) is 3. The molecule has 0 bridgehead atoms. The number of phenolic OH excluding ortho intramolecular Hbond substituents is 1. The fraction of sp³-hybridized carbons (Fsp3) is 0.385. The van der Waals surface area contributed by atoms with Gasteiger partial charge in [-0.15, -0.1) is 0 Å². The lowest BCUT2D eigenvalue weighted by Gasteiger charge is -2.27. The second-order valence-electron chi connectivity index (χ2n) is 8.97. The van der Waals surface area contributed by atoms with E-state index in [1.807, 2.05) is 6.92 Å². The van der Waals surface area contributed by atoms with E-state index in [2.05, 4.69) is 0 Å². The molecule has 2 saturated heterocycles. The van der Waals surface area contributed by atoms with E-state index in [0.29, 0.717) is 24.2 Å². The van der Waals surface area contributed by atoms with Gasteiger partial charge in [-0.05, 0) is 61.2 Å². The van der Waals surface area contributed by atoms with E-state index in [1.54, 1.807) is 30.3 Å². The van der Waals surface area contributed by atoms with Gasteiger partial charge in [-0.3, -0.25) is 9.59 Å². The number of hydrogen-bond acceptors (Lipinski definition) is 7. The van der Waals surface area contributed by atoms with E-state index < -0.39 is 17.7 Å². The molecule has 2 aromatic rings. The molecule has 2 aromatic carbocycles. The molecule has 2 fully saturated rings. The first kappa shape index (κ1) is 22.3. The van der Waals surface area contributed by atoms with Crippen LogP contribution in [0.1, 0.15) is 42.5 Å². The zero-order valence-corrected chi connectivity index (χ0v) is 19.1. The van der Waals surface area contributed by atoms with Crippen molar-refractivity contribution in [1.29, 1.82) is 0 Å². The van der Waals surface area contributed by atoms with Gasteiger partial charge < -0.3 is 29.3 Å². The summed E-state index contributed by atoms with van der Waals surface area (Å²) < 4.78 is 16.7. The molecule has 0 aromatic heterocycles. The molecular formula is C26H27NO7. The second kappa shape index (κ2) is 8.68. The van der Waals surface area contributed by atoms with Crippen LogP contribution >= 0.6 is 0 Å². The third-order valence-electron chi connectivity index (χ3n) is 6.65. The van der Waals surface area contributed by atoms with Gasteiger partial charge in [-0.2, -0.15) is 0 Å². The normalized spacial score (nSPS) is 25.5. The van der Waals surface area contributed by atoms with E-state index in [0.717, 1.165) is 24.2 Å². The Labute approximate surface area is 197 Å². The molecule has 5 rings (SSSR count). The molecule has 8 nitrogen and oxygen atoms in total. The Morgan fingerprint density at radius 2 is 2.03 bits per heavy atom. The summed E-state index contributed by atoms with van der Waals surface area (Å²) in [6.07, 6.45) is 2.23. The molecule has 0 saturated carbocycles. The topological polar surface area (TPSA) is 106 Å². The number of carbonyl (C=O) groups is 2. The van der Waals surface area contributed by atoms with Crippen LogP contribution in [0.2, 0.25) is 0 Å². The Bertz CT molecular complexity index is 1180. The minimum atomic E-state index is -0.845. The van der Waals surface area contributed by atoms with Gasteiger partial charge >= 0.3 is 0 Å². The largest absolute Gasteiger partial charge is 0.507 e. The van der Waals surface area contributed by atoms with Crippen LogP contribution < -0.4 is 9.47 Å². The molecule has 0 unspecified atom stereocenters. The van der Waals surface area contributed by atoms with Crippen molar-refractivity contribution in [3.63, 3.8) is 0 Å². The fourth-order valence-corrected chi connectivity index (χ4v) is 5.01. The first-order valence-corrected chi connectivity index (χ1v) is 11.4. The van der Waals surface area contributed by atoms with Gasteiger partial charge in [0.15, 0.2) is 11.5 Å². The van der Waals surface area contributed by atoms with E-state index in [4.69, 9.17) is 14.2 Å². The molecule has 2 N–H and O–H groups in total. The van der Waals surface area contributed by atoms with Crippen molar-refractivity contribution in [1.82, 2.24) is 4.90 Å². The van der Waals surface area contributed by atoms with E-state index in [-0.39, 0.29) is 41.6 Å². The summed E-state index contributed by atoms with van der Waals surface area (Å²) in [5, 5.41) is 21.4. The van der Waals surface area contributed by atoms with E-state index in [1.165, 1.54) is 18.1 Å². The lowest BCUT2D eigenvalue weighted by Crippen LogP contribution is -2.36. The first-order chi connectivity index (χ1) is 16.4. The molecule has 34 heavy (non-hydrogen) atoms. The number of aliphatic hydroxyl groups is 1. The summed E-state index contributed by atoms with van der Waals surface area (Å²) in [5.74, 6) is -0.779. The maximum Gasteiger partial charge on any atom is 0.295 e. The highest BCUT2D eigenvalue weighted by molar-refractivity contribution is 6.46. The summed E-state index contributed by atoms with van der Waals surface area (Å²) in [7, 11) is 1.43. The fourth-order valence-electron chi connectivity index (χ4n) is 5.01. The highest BCUT2D eigenvalue weighted by Crippen LogP contribution is 2.43. The minimum Gasteiger partial charge on any atom is -0.507 e. The van der Waals surface area contributed by atoms with Gasteiger partial charge in [0.05, 0.1) is 24.8 Å². The molecule has 0 aliphatic carbocycles. The van der Waals surface area contributed by atoms with Gasteiger partial charge in [0.25, 0.3) is 11.7 Å². The van der Waals surface area contributed by atoms with Crippen molar-refractivity contribution in [2.24, 2.45) is 0 Å². The molecule has 3 heterocycles. The maximum absolute atomic E-state index is 13.2. The minimum absolute atomic E-state index is 0.00246. The molecule has 3 aliphatic rings. The Hall–Kier alpha value is -3.52. The number of benzene rings is 2. The number of Topliss-reactive ketones (excluding diaryl/α,β-unsaturated/α-hetero) is 1. The van der Waals surface area contributed by atoms with Crippen LogP contribution in [0, 0.1) is 0 Å². The summed E-state index contributed by atoms with van der Waals surface area (Å²) in [4.78, 5) is 27.8. The Kier molecular flexibility index (Phi) is 5.69. The predicted octanol–water partition coefficient (Wildman–Crippen LogP) is 3.32. The lowest BCUT2D eigenvalue weighted by atomic mass is 9.94. The highest BCUT2D eigenvalue weighted by Gasteiger charge is 2.47. The maximum atomic E-state index is 13.2. The zero-order valence-electron chi connectivity index (χ0n) is 19.1. The second-order valence-corrected chi connectivity index (χ2v) is 8.97. The highest BCUT2D eigenvalue weighted by atomic mass is 16.5. The van der Waals surface area contributed by atoms with E-state index >= 15 is 0 Å². The molecule has 0 spiro atoms. The summed E-state index contributed by atoms with van der Waals surface area (Å²) in [6, 6.07) is 9.08. The van der Waals surface area contributed by atoms with Crippen molar-refractivity contribution >= 4 is 17.4 Å². The van der Waals surface area contributed by atoms with Crippen LogP contribution in [-0.4, -0.2) is 59.3 Å². The number of methoxy groups -OCH3 is 1. The van der Waals surface area contributed by atoms with Crippen LogP contribution in [-0.2, 0) is 20.7 Å². The Morgan fingerprint density at radius 1 is 1.21 bits per heavy atom. The third-order valence-corrected chi connectivity index (χ3v) is 6.65. The van der Waals surface area contributed by atoms with Gasteiger partial charge in [0.2, 0.25) is 0 Å². The molecule has 3 atom stereocenters. The number of aliphatic hydroxyl groups excluding tert-OH is 1. The molecule has 8 heteroatoms. The standard InChI is InChI=1S/C26H27NO7/c1-14-10-17-11-16(6-8-20(17)34-14)24(29)22-23(15-5-7-19(28)21(12-15)32-2)27(26(31)25(22)30)13-18-4-3-9-33-18/h5-8,11-12,14,18,23,28-29H,3-4,9-10,13H2,1-2H3/t14-,18+,23+/m1/s1. The molecule has 1 amide bonds. The number of phenols is 1. The van der Waals surface area contributed by atoms with Gasteiger partial charge in [-0.1, -0.05) is 6.07 Å². The average Bonchev–Trinajstić information content (AvgIpc) is 3.53. The van der Waals surface area contributed by atoms with Crippen molar-refractivity contribution in [2.75, 3.05) is 20.3 Å². The van der Waals surface area contributed by atoms with Crippen LogP contribution in [0.25, 0.3) is 5.76 Å². The van der Waals surface area contributed by atoms with Gasteiger partial charge in [0.1, 0.15) is 17.6 Å². The molecular weight excluding hydrogens is 438 g/mol. The number of likely N-dealkylation sites (tertiary alicyclic amines) is 1. The van der Waals surface area contributed by atoms with Crippen molar-refractivity contribution in [2.45, 2.75) is 44.4 Å². The van der Waals surface area contributed by atoms with Gasteiger partial charge in [0, 0.05) is 25.1 Å². The average molecular weight is 466 g/mol. The molecule has 0 radical (unpaired) electrons. The quantitative estimate of drug-likeness (QED) is 0.396. The van der Waals surface area contributed by atoms with Crippen LogP contribution in [0.3, 0.4) is 0 Å². The lowest BCUT2D eigenvalue weighted by molar-refractivity contribution is -0.140. The number of aromatic hydroxyl groups is 1. The SMILES string of the molecule is COc1cc([C@H]2C(=C(O)c3ccc4c(c3)C[C@@H](C)O4)C(=O)C(=O)N2C[C@@H]2CCCO2)ccc1O. The number of carbonyl (C=O) groups excluding carboxylic acids is 2. The first-order valence-electron chi connectivity index (χ1n) is 11.4. The van der Waals surface area contributed by atoms with Gasteiger partial charge in [-0.25, -0.2) is 0 Å².